The lowest BCUT2D eigenvalue weighted by molar-refractivity contribution is 0.661. The number of nitrogens with zero attached hydrogens (tertiary/aromatic N) is 4. The predicted octanol–water partition coefficient (Wildman–Crippen LogP) is 11.4. The number of hydrogen-bond acceptors (Lipinski definition) is 3. The molecular weight excluding hydrogens is 609 g/mol. The van der Waals surface area contributed by atoms with E-state index in [1.54, 1.807) is 0 Å². The van der Waals surface area contributed by atoms with Gasteiger partial charge in [-0.15, -0.1) is 0 Å². The molecule has 0 aliphatic heterocycles. The zero-order valence-corrected chi connectivity index (χ0v) is 27.8. The predicted molar refractivity (Wildman–Crippen MR) is 206 cm³/mol. The lowest BCUT2D eigenvalue weighted by atomic mass is 9.82. The Morgan fingerprint density at radius 1 is 0.420 bits per heavy atom. The van der Waals surface area contributed by atoms with Crippen LogP contribution in [0.5, 0.6) is 0 Å². The molecule has 0 fully saturated rings. The van der Waals surface area contributed by atoms with Crippen molar-refractivity contribution in [1.29, 1.82) is 0 Å². The van der Waals surface area contributed by atoms with Crippen molar-refractivity contribution in [3.05, 3.63) is 169 Å². The number of aromatic nitrogens is 4. The number of rotatable bonds is 4. The second-order valence-electron chi connectivity index (χ2n) is 13.7. The van der Waals surface area contributed by atoms with E-state index in [4.69, 9.17) is 15.0 Å². The highest BCUT2D eigenvalue weighted by atomic mass is 15.0. The first-order valence-electron chi connectivity index (χ1n) is 17.1. The highest BCUT2D eigenvalue weighted by molar-refractivity contribution is 6.13. The number of hydrogen-bond donors (Lipinski definition) is 0. The van der Waals surface area contributed by atoms with Crippen molar-refractivity contribution in [1.82, 2.24) is 19.5 Å². The third-order valence-electron chi connectivity index (χ3n) is 10.4. The van der Waals surface area contributed by atoms with Crippen LogP contribution in [-0.2, 0) is 5.41 Å². The first-order chi connectivity index (χ1) is 24.5. The van der Waals surface area contributed by atoms with Crippen molar-refractivity contribution in [2.75, 3.05) is 0 Å². The molecule has 1 aliphatic carbocycles. The minimum atomic E-state index is -0.0818. The molecule has 0 saturated carbocycles. The molecular formula is C46H32N4. The van der Waals surface area contributed by atoms with Gasteiger partial charge in [0, 0.05) is 38.3 Å². The SMILES string of the molecule is CC1(C)c2ccccc2-c2cc3c(cc21)c1ccccc1n3-c1cc(-c2nc(-c3ccccc3)nc(-c3ccccc3)n2)cc2ccccc12. The summed E-state index contributed by atoms with van der Waals surface area (Å²) in [6, 6.07) is 55.9. The van der Waals surface area contributed by atoms with Gasteiger partial charge in [0.05, 0.1) is 16.7 Å². The van der Waals surface area contributed by atoms with E-state index in [0.717, 1.165) is 27.8 Å². The third kappa shape index (κ3) is 4.28. The topological polar surface area (TPSA) is 43.6 Å². The Morgan fingerprint density at radius 3 is 1.72 bits per heavy atom. The molecule has 0 atom stereocenters. The Balaban J connectivity index is 1.27. The summed E-state index contributed by atoms with van der Waals surface area (Å²) in [6.45, 7) is 4.70. The zero-order chi connectivity index (χ0) is 33.4. The van der Waals surface area contributed by atoms with Crippen LogP contribution in [0.25, 0.3) is 83.6 Å². The lowest BCUT2D eigenvalue weighted by Gasteiger charge is -2.21. The summed E-state index contributed by atoms with van der Waals surface area (Å²) in [5.74, 6) is 1.94. The molecule has 4 nitrogen and oxygen atoms in total. The Labute approximate surface area is 290 Å². The summed E-state index contributed by atoms with van der Waals surface area (Å²) in [5, 5.41) is 4.79. The van der Waals surface area contributed by atoms with Crippen LogP contribution >= 0.6 is 0 Å². The van der Waals surface area contributed by atoms with E-state index in [0.29, 0.717) is 17.5 Å². The highest BCUT2D eigenvalue weighted by Crippen LogP contribution is 2.51. The van der Waals surface area contributed by atoms with E-state index in [-0.39, 0.29) is 5.41 Å². The van der Waals surface area contributed by atoms with E-state index in [1.165, 1.54) is 49.4 Å². The molecule has 0 bridgehead atoms. The van der Waals surface area contributed by atoms with E-state index in [9.17, 15) is 0 Å². The number of fused-ring (bicyclic) bond motifs is 7. The maximum absolute atomic E-state index is 5.11. The van der Waals surface area contributed by atoms with Crippen LogP contribution in [0, 0.1) is 0 Å². The first-order valence-corrected chi connectivity index (χ1v) is 17.1. The molecule has 0 N–H and O–H groups in total. The van der Waals surface area contributed by atoms with Crippen molar-refractivity contribution in [3.8, 4) is 51.0 Å². The molecule has 0 unspecified atom stereocenters. The van der Waals surface area contributed by atoms with Gasteiger partial charge in [-0.25, -0.2) is 15.0 Å². The molecule has 236 valence electrons. The first kappa shape index (κ1) is 28.6. The van der Waals surface area contributed by atoms with Gasteiger partial charge in [0.15, 0.2) is 17.5 Å². The van der Waals surface area contributed by atoms with Crippen molar-refractivity contribution in [2.24, 2.45) is 0 Å². The maximum atomic E-state index is 5.11. The van der Waals surface area contributed by atoms with Gasteiger partial charge in [0.1, 0.15) is 0 Å². The molecule has 0 spiro atoms. The van der Waals surface area contributed by atoms with E-state index in [1.807, 2.05) is 36.4 Å². The third-order valence-corrected chi connectivity index (χ3v) is 10.4. The fourth-order valence-corrected chi connectivity index (χ4v) is 7.96. The molecule has 1 aliphatic rings. The summed E-state index contributed by atoms with van der Waals surface area (Å²) < 4.78 is 2.45. The largest absolute Gasteiger partial charge is 0.309 e. The molecule has 0 amide bonds. The average molecular weight is 641 g/mol. The Kier molecular flexibility index (Phi) is 6.19. The molecule has 9 aromatic rings. The standard InChI is InChI=1S/C46H32N4/c1-46(2)38-23-13-11-21-34(38)36-28-42-37(27-39(36)46)35-22-12-14-24-40(35)50(42)41-26-32(25-31-19-9-10-20-33(31)41)45-48-43(29-15-5-3-6-16-29)47-44(49-45)30-17-7-4-8-18-30/h3-28H,1-2H3. The van der Waals surface area contributed by atoms with E-state index in [2.05, 4.69) is 140 Å². The second kappa shape index (κ2) is 10.8. The van der Waals surface area contributed by atoms with Gasteiger partial charge in [-0.05, 0) is 58.0 Å². The quantitative estimate of drug-likeness (QED) is 0.192. The van der Waals surface area contributed by atoms with Crippen LogP contribution in [0.3, 0.4) is 0 Å². The van der Waals surface area contributed by atoms with Crippen molar-refractivity contribution in [3.63, 3.8) is 0 Å². The summed E-state index contributed by atoms with van der Waals surface area (Å²) in [7, 11) is 0. The Bertz CT molecular complexity index is 2720. The Morgan fingerprint density at radius 2 is 1.00 bits per heavy atom. The van der Waals surface area contributed by atoms with Crippen LogP contribution in [0.2, 0.25) is 0 Å². The fraction of sp³-hybridized carbons (Fsp3) is 0.0652. The van der Waals surface area contributed by atoms with Crippen molar-refractivity contribution in [2.45, 2.75) is 19.3 Å². The molecule has 7 aromatic carbocycles. The van der Waals surface area contributed by atoms with E-state index >= 15 is 0 Å². The van der Waals surface area contributed by atoms with Gasteiger partial charge in [-0.3, -0.25) is 0 Å². The molecule has 4 heteroatoms. The van der Waals surface area contributed by atoms with Gasteiger partial charge in [-0.1, -0.05) is 141 Å². The smallest absolute Gasteiger partial charge is 0.164 e. The van der Waals surface area contributed by atoms with Gasteiger partial charge in [0.25, 0.3) is 0 Å². The maximum Gasteiger partial charge on any atom is 0.164 e. The summed E-state index contributed by atoms with van der Waals surface area (Å²) in [6.07, 6.45) is 0. The van der Waals surface area contributed by atoms with Crippen LogP contribution in [0.15, 0.2) is 158 Å². The zero-order valence-electron chi connectivity index (χ0n) is 27.8. The average Bonchev–Trinajstić information content (AvgIpc) is 3.62. The van der Waals surface area contributed by atoms with Gasteiger partial charge in [-0.2, -0.15) is 0 Å². The lowest BCUT2D eigenvalue weighted by Crippen LogP contribution is -2.14. The molecule has 2 heterocycles. The summed E-state index contributed by atoms with van der Waals surface area (Å²) >= 11 is 0. The van der Waals surface area contributed by atoms with E-state index < -0.39 is 0 Å². The van der Waals surface area contributed by atoms with Crippen LogP contribution in [0.1, 0.15) is 25.0 Å². The molecule has 10 rings (SSSR count). The fourth-order valence-electron chi connectivity index (χ4n) is 7.96. The number of benzene rings is 7. The molecule has 2 aromatic heterocycles. The van der Waals surface area contributed by atoms with Crippen molar-refractivity contribution >= 4 is 32.6 Å². The normalized spacial score (nSPS) is 13.2. The minimum Gasteiger partial charge on any atom is -0.309 e. The highest BCUT2D eigenvalue weighted by Gasteiger charge is 2.36. The monoisotopic (exact) mass is 640 g/mol. The second-order valence-corrected chi connectivity index (χ2v) is 13.7. The molecule has 0 radical (unpaired) electrons. The van der Waals surface area contributed by atoms with Crippen molar-refractivity contribution < 1.29 is 0 Å². The van der Waals surface area contributed by atoms with Crippen LogP contribution < -0.4 is 0 Å². The Hall–Kier alpha value is -6.39. The van der Waals surface area contributed by atoms with Gasteiger partial charge in [0.2, 0.25) is 0 Å². The molecule has 0 saturated heterocycles. The number of para-hydroxylation sites is 1. The summed E-state index contributed by atoms with van der Waals surface area (Å²) in [5.41, 5.74) is 11.6. The summed E-state index contributed by atoms with van der Waals surface area (Å²) in [4.78, 5) is 15.2. The van der Waals surface area contributed by atoms with Crippen LogP contribution in [-0.4, -0.2) is 19.5 Å². The molecule has 50 heavy (non-hydrogen) atoms. The van der Waals surface area contributed by atoms with Crippen LogP contribution in [0.4, 0.5) is 0 Å². The minimum absolute atomic E-state index is 0.0818. The van der Waals surface area contributed by atoms with Gasteiger partial charge < -0.3 is 4.57 Å². The van der Waals surface area contributed by atoms with Gasteiger partial charge >= 0.3 is 0 Å².